The number of halogens is 1. The molecule has 0 bridgehead atoms. The van der Waals surface area contributed by atoms with Gasteiger partial charge in [-0.2, -0.15) is 0 Å². The van der Waals surface area contributed by atoms with E-state index < -0.39 is 11.7 Å². The summed E-state index contributed by atoms with van der Waals surface area (Å²) in [4.78, 5) is 11.6. The Balaban J connectivity index is 1.66. The summed E-state index contributed by atoms with van der Waals surface area (Å²) in [5.41, 5.74) is 0.593. The molecule has 1 saturated carbocycles. The molecular weight excluding hydrogens is 295 g/mol. The predicted octanol–water partition coefficient (Wildman–Crippen LogP) is 3.57. The van der Waals surface area contributed by atoms with Crippen LogP contribution in [0.4, 0.5) is 9.18 Å². The van der Waals surface area contributed by atoms with Crippen molar-refractivity contribution in [2.75, 3.05) is 6.54 Å². The molecule has 1 aliphatic rings. The highest BCUT2D eigenvalue weighted by atomic mass is 19.1. The Labute approximate surface area is 137 Å². The zero-order valence-electron chi connectivity index (χ0n) is 14.4. The van der Waals surface area contributed by atoms with Gasteiger partial charge in [0.25, 0.3) is 0 Å². The average molecular weight is 322 g/mol. The van der Waals surface area contributed by atoms with Gasteiger partial charge in [0.05, 0.1) is 0 Å². The lowest BCUT2D eigenvalue weighted by molar-refractivity contribution is 0.0521. The van der Waals surface area contributed by atoms with Crippen LogP contribution in [0.15, 0.2) is 24.3 Å². The molecule has 1 unspecified atom stereocenters. The Bertz CT molecular complexity index is 536. The molecule has 0 spiro atoms. The zero-order valence-corrected chi connectivity index (χ0v) is 14.4. The van der Waals surface area contributed by atoms with E-state index in [9.17, 15) is 9.18 Å². The molecule has 128 valence electrons. The van der Waals surface area contributed by atoms with Crippen LogP contribution in [-0.4, -0.2) is 30.3 Å². The molecule has 4 nitrogen and oxygen atoms in total. The molecule has 23 heavy (non-hydrogen) atoms. The number of amides is 1. The Morgan fingerprint density at radius 2 is 2.09 bits per heavy atom. The number of ether oxygens (including phenoxy) is 1. The smallest absolute Gasteiger partial charge is 0.407 e. The van der Waals surface area contributed by atoms with Gasteiger partial charge in [-0.05, 0) is 64.2 Å². The molecule has 1 fully saturated rings. The Morgan fingerprint density at radius 3 is 2.70 bits per heavy atom. The van der Waals surface area contributed by atoms with Crippen molar-refractivity contribution in [1.82, 2.24) is 10.6 Å². The van der Waals surface area contributed by atoms with Crippen molar-refractivity contribution < 1.29 is 13.9 Å². The maximum atomic E-state index is 13.2. The largest absolute Gasteiger partial charge is 0.444 e. The fourth-order valence-electron chi connectivity index (χ4n) is 2.80. The van der Waals surface area contributed by atoms with Crippen LogP contribution in [0, 0.1) is 5.82 Å². The van der Waals surface area contributed by atoms with Crippen molar-refractivity contribution >= 4 is 6.09 Å². The summed E-state index contributed by atoms with van der Waals surface area (Å²) in [7, 11) is 0. The maximum Gasteiger partial charge on any atom is 0.407 e. The molecule has 1 amide bonds. The Kier molecular flexibility index (Phi) is 5.63. The quantitative estimate of drug-likeness (QED) is 0.871. The monoisotopic (exact) mass is 322 g/mol. The van der Waals surface area contributed by atoms with Crippen molar-refractivity contribution in [3.05, 3.63) is 35.6 Å². The molecule has 1 aromatic carbocycles. The number of carbonyl (C=O) groups excluding carboxylic acids is 1. The van der Waals surface area contributed by atoms with Gasteiger partial charge in [0.15, 0.2) is 0 Å². The van der Waals surface area contributed by atoms with Crippen molar-refractivity contribution in [2.45, 2.75) is 64.1 Å². The van der Waals surface area contributed by atoms with Gasteiger partial charge in [-0.1, -0.05) is 12.1 Å². The van der Waals surface area contributed by atoms with Crippen LogP contribution in [-0.2, 0) is 4.74 Å². The second kappa shape index (κ2) is 7.30. The molecule has 2 rings (SSSR count). The number of hydrogen-bond acceptors (Lipinski definition) is 3. The number of hydrogen-bond donors (Lipinski definition) is 2. The molecule has 2 N–H and O–H groups in total. The van der Waals surface area contributed by atoms with Crippen LogP contribution in [0.3, 0.4) is 0 Å². The van der Waals surface area contributed by atoms with Crippen LogP contribution in [0.2, 0.25) is 0 Å². The topological polar surface area (TPSA) is 50.4 Å². The molecule has 0 heterocycles. The molecule has 0 radical (unpaired) electrons. The van der Waals surface area contributed by atoms with E-state index in [0.717, 1.165) is 18.4 Å². The number of carbonyl (C=O) groups is 1. The summed E-state index contributed by atoms with van der Waals surface area (Å²) in [6, 6.07) is 7.42. The van der Waals surface area contributed by atoms with Crippen LogP contribution in [0.25, 0.3) is 0 Å². The highest BCUT2D eigenvalue weighted by molar-refractivity contribution is 5.67. The summed E-state index contributed by atoms with van der Waals surface area (Å²) in [5.74, 6) is 0.253. The van der Waals surface area contributed by atoms with Crippen molar-refractivity contribution in [2.24, 2.45) is 0 Å². The summed E-state index contributed by atoms with van der Waals surface area (Å²) >= 11 is 0. The van der Waals surface area contributed by atoms with E-state index in [1.807, 2.05) is 33.8 Å². The summed E-state index contributed by atoms with van der Waals surface area (Å²) in [6.45, 7) is 8.09. The number of rotatable bonds is 5. The second-order valence-corrected chi connectivity index (χ2v) is 7.37. The van der Waals surface area contributed by atoms with Gasteiger partial charge in [-0.3, -0.25) is 0 Å². The average Bonchev–Trinajstić information content (AvgIpc) is 2.38. The lowest BCUT2D eigenvalue weighted by Crippen LogP contribution is -2.49. The molecule has 0 aliphatic heterocycles. The van der Waals surface area contributed by atoms with Gasteiger partial charge in [-0.15, -0.1) is 0 Å². The molecule has 1 aliphatic carbocycles. The summed E-state index contributed by atoms with van der Waals surface area (Å²) < 4.78 is 18.4. The van der Waals surface area contributed by atoms with E-state index in [1.165, 1.54) is 6.07 Å². The minimum atomic E-state index is -0.479. The van der Waals surface area contributed by atoms with Crippen molar-refractivity contribution in [3.63, 3.8) is 0 Å². The molecule has 0 aromatic heterocycles. The van der Waals surface area contributed by atoms with E-state index in [2.05, 4.69) is 10.6 Å². The lowest BCUT2D eigenvalue weighted by atomic mass is 9.75. The van der Waals surface area contributed by atoms with Crippen molar-refractivity contribution in [3.8, 4) is 0 Å². The van der Waals surface area contributed by atoms with E-state index in [4.69, 9.17) is 4.74 Å². The Hall–Kier alpha value is -1.62. The van der Waals surface area contributed by atoms with Gasteiger partial charge in [0.2, 0.25) is 0 Å². The van der Waals surface area contributed by atoms with Gasteiger partial charge >= 0.3 is 6.09 Å². The predicted molar refractivity (Wildman–Crippen MR) is 89.0 cm³/mol. The molecular formula is C18H27FN2O2. The normalized spacial score (nSPS) is 22.1. The van der Waals surface area contributed by atoms with Gasteiger partial charge in [0, 0.05) is 18.6 Å². The first-order valence-corrected chi connectivity index (χ1v) is 8.21. The van der Waals surface area contributed by atoms with Gasteiger partial charge in [0.1, 0.15) is 11.4 Å². The van der Waals surface area contributed by atoms with E-state index in [1.54, 1.807) is 12.1 Å². The third kappa shape index (κ3) is 5.82. The third-order valence-corrected chi connectivity index (χ3v) is 3.93. The zero-order chi connectivity index (χ0) is 17.0. The summed E-state index contributed by atoms with van der Waals surface area (Å²) in [6.07, 6.45) is 1.61. The second-order valence-electron chi connectivity index (χ2n) is 7.37. The van der Waals surface area contributed by atoms with Crippen molar-refractivity contribution in [1.29, 1.82) is 0 Å². The first-order valence-electron chi connectivity index (χ1n) is 8.21. The first-order chi connectivity index (χ1) is 10.7. The lowest BCUT2D eigenvalue weighted by Gasteiger charge is -2.38. The van der Waals surface area contributed by atoms with E-state index >= 15 is 0 Å². The fourth-order valence-corrected chi connectivity index (χ4v) is 2.80. The van der Waals surface area contributed by atoms with E-state index in [0.29, 0.717) is 18.5 Å². The van der Waals surface area contributed by atoms with Crippen LogP contribution >= 0.6 is 0 Å². The maximum absolute atomic E-state index is 13.2. The highest BCUT2D eigenvalue weighted by Gasteiger charge is 2.31. The molecule has 5 heteroatoms. The third-order valence-electron chi connectivity index (χ3n) is 3.93. The number of nitrogens with one attached hydrogen (secondary N) is 2. The fraction of sp³-hybridized carbons (Fsp3) is 0.611. The van der Waals surface area contributed by atoms with Crippen LogP contribution in [0.1, 0.15) is 52.0 Å². The van der Waals surface area contributed by atoms with Crippen LogP contribution in [0.5, 0.6) is 0 Å². The molecule has 1 aromatic rings. The van der Waals surface area contributed by atoms with Gasteiger partial charge in [-0.25, -0.2) is 9.18 Å². The Morgan fingerprint density at radius 1 is 1.39 bits per heavy atom. The minimum Gasteiger partial charge on any atom is -0.444 e. The standard InChI is InChI=1S/C18H27FN2O2/c1-12(11-20-17(22)23-18(2,3)4)21-16-9-14(10-16)13-6-5-7-15(19)8-13/h5-8,12,14,16,21H,9-11H2,1-4H3,(H,20,22). The summed E-state index contributed by atoms with van der Waals surface area (Å²) in [5, 5.41) is 6.25. The first kappa shape index (κ1) is 17.7. The molecule has 0 saturated heterocycles. The molecule has 1 atom stereocenters. The SMILES string of the molecule is CC(CNC(=O)OC(C)(C)C)NC1CC(c2cccc(F)c2)C1. The number of alkyl carbamates (subject to hydrolysis) is 1. The highest BCUT2D eigenvalue weighted by Crippen LogP contribution is 2.37. The number of benzene rings is 1. The minimum absolute atomic E-state index is 0.168. The van der Waals surface area contributed by atoms with Crippen LogP contribution < -0.4 is 10.6 Å². The van der Waals surface area contributed by atoms with E-state index in [-0.39, 0.29) is 11.9 Å². The van der Waals surface area contributed by atoms with Gasteiger partial charge < -0.3 is 15.4 Å².